The van der Waals surface area contributed by atoms with Crippen molar-refractivity contribution in [2.75, 3.05) is 27.3 Å². The molecule has 0 bridgehead atoms. The number of carbonyl (C=O) groups is 3. The zero-order valence-corrected chi connectivity index (χ0v) is 22.3. The minimum absolute atomic E-state index is 0.00612. The van der Waals surface area contributed by atoms with Gasteiger partial charge in [-0.2, -0.15) is 0 Å². The van der Waals surface area contributed by atoms with E-state index in [-0.39, 0.29) is 30.2 Å². The molecular weight excluding hydrogens is 478 g/mol. The van der Waals surface area contributed by atoms with E-state index in [1.807, 2.05) is 73.7 Å². The molecule has 198 valence electrons. The number of hydrogen-bond acceptors (Lipinski definition) is 5. The molecule has 1 aliphatic carbocycles. The van der Waals surface area contributed by atoms with Gasteiger partial charge in [0.05, 0.1) is 25.2 Å². The Hall–Kier alpha value is -3.93. The Balaban J connectivity index is 1.53. The molecule has 0 spiro atoms. The van der Waals surface area contributed by atoms with Crippen LogP contribution in [0.1, 0.15) is 65.6 Å². The first-order valence-corrected chi connectivity index (χ1v) is 13.2. The number of Topliss-reactive ketones (excluding diaryl/α,β-unsaturated/α-hetero) is 1. The van der Waals surface area contributed by atoms with E-state index in [2.05, 4.69) is 0 Å². The Kier molecular flexibility index (Phi) is 8.62. The molecule has 4 rings (SSSR count). The average molecular weight is 514 g/mol. The van der Waals surface area contributed by atoms with E-state index >= 15 is 0 Å². The van der Waals surface area contributed by atoms with Gasteiger partial charge in [0.15, 0.2) is 5.78 Å². The van der Waals surface area contributed by atoms with Gasteiger partial charge in [0.25, 0.3) is 0 Å². The first kappa shape index (κ1) is 27.1. The van der Waals surface area contributed by atoms with Crippen molar-refractivity contribution in [3.63, 3.8) is 0 Å². The van der Waals surface area contributed by atoms with Gasteiger partial charge in [-0.1, -0.05) is 66.7 Å². The van der Waals surface area contributed by atoms with Gasteiger partial charge < -0.3 is 14.4 Å². The summed E-state index contributed by atoms with van der Waals surface area (Å²) in [5.41, 5.74) is 2.16. The zero-order valence-electron chi connectivity index (χ0n) is 22.3. The minimum Gasteiger partial charge on any atom is -0.496 e. The molecule has 3 aromatic rings. The molecule has 6 nitrogen and oxygen atoms in total. The van der Waals surface area contributed by atoms with E-state index in [1.54, 1.807) is 31.2 Å². The largest absolute Gasteiger partial charge is 0.496 e. The summed E-state index contributed by atoms with van der Waals surface area (Å²) >= 11 is 0. The number of esters is 1. The van der Waals surface area contributed by atoms with Crippen LogP contribution in [0.2, 0.25) is 0 Å². The number of para-hydroxylation sites is 1. The highest BCUT2D eigenvalue weighted by Crippen LogP contribution is 2.48. The lowest BCUT2D eigenvalue weighted by atomic mass is 9.63. The molecule has 6 heteroatoms. The van der Waals surface area contributed by atoms with Crippen molar-refractivity contribution in [2.24, 2.45) is 0 Å². The predicted molar refractivity (Wildman–Crippen MR) is 146 cm³/mol. The summed E-state index contributed by atoms with van der Waals surface area (Å²) in [6, 6.07) is 24.6. The van der Waals surface area contributed by atoms with Crippen LogP contribution in [0.3, 0.4) is 0 Å². The lowest BCUT2D eigenvalue weighted by Crippen LogP contribution is -2.45. The van der Waals surface area contributed by atoms with Crippen molar-refractivity contribution in [1.82, 2.24) is 4.90 Å². The van der Waals surface area contributed by atoms with Crippen LogP contribution < -0.4 is 4.74 Å². The molecule has 0 saturated carbocycles. The Labute approximate surface area is 224 Å². The Morgan fingerprint density at radius 2 is 1.63 bits per heavy atom. The maximum absolute atomic E-state index is 13.7. The molecular formula is C32H35NO5. The number of ketones is 1. The number of hydrogen-bond donors (Lipinski definition) is 0. The maximum atomic E-state index is 13.7. The third-order valence-electron chi connectivity index (χ3n) is 7.47. The lowest BCUT2D eigenvalue weighted by molar-refractivity contribution is -0.149. The first-order chi connectivity index (χ1) is 18.4. The summed E-state index contributed by atoms with van der Waals surface area (Å²) in [5, 5.41) is 0. The second kappa shape index (κ2) is 12.1. The number of rotatable bonds is 10. The van der Waals surface area contributed by atoms with Crippen molar-refractivity contribution in [1.29, 1.82) is 0 Å². The number of ether oxygens (including phenoxy) is 2. The highest BCUT2D eigenvalue weighted by molar-refractivity contribution is 5.98. The fraction of sp³-hybridized carbons (Fsp3) is 0.344. The Morgan fingerprint density at radius 1 is 0.947 bits per heavy atom. The molecule has 38 heavy (non-hydrogen) atoms. The molecule has 0 radical (unpaired) electrons. The van der Waals surface area contributed by atoms with E-state index < -0.39 is 5.41 Å². The van der Waals surface area contributed by atoms with Crippen molar-refractivity contribution >= 4 is 17.7 Å². The maximum Gasteiger partial charge on any atom is 0.321 e. The third-order valence-corrected chi connectivity index (χ3v) is 7.47. The van der Waals surface area contributed by atoms with Gasteiger partial charge in [-0.3, -0.25) is 14.4 Å². The number of nitrogens with zero attached hydrogens (tertiary/aromatic N) is 1. The van der Waals surface area contributed by atoms with Crippen molar-refractivity contribution in [3.05, 3.63) is 101 Å². The number of benzene rings is 3. The smallest absolute Gasteiger partial charge is 0.321 e. The quantitative estimate of drug-likeness (QED) is 0.263. The lowest BCUT2D eigenvalue weighted by Gasteiger charge is -2.41. The van der Waals surface area contributed by atoms with E-state index in [1.165, 1.54) is 0 Å². The number of carbonyl (C=O) groups excluding carboxylic acids is 3. The molecule has 0 saturated heterocycles. The highest BCUT2D eigenvalue weighted by Gasteiger charge is 2.49. The SMILES string of the molecule is CCOC(=O)[C@]1(c2ccccc2)CC[C@@H](C(=O)N(C)CCCC(=O)c2ccccc2OC)c2ccccc21. The van der Waals surface area contributed by atoms with Gasteiger partial charge >= 0.3 is 5.97 Å². The number of amides is 1. The van der Waals surface area contributed by atoms with Crippen LogP contribution in [0.25, 0.3) is 0 Å². The summed E-state index contributed by atoms with van der Waals surface area (Å²) in [4.78, 5) is 41.6. The standard InChI is InChI=1S/C32H35NO5/c1-4-38-31(36)32(23-13-6-5-7-14-23)21-20-25(24-15-8-10-17-27(24)32)30(35)33(2)22-12-18-28(34)26-16-9-11-19-29(26)37-3/h5-11,13-17,19,25H,4,12,18,20-22H2,1-3H3/t25-,32+/m1/s1. The average Bonchev–Trinajstić information content (AvgIpc) is 2.96. The topological polar surface area (TPSA) is 72.9 Å². The van der Waals surface area contributed by atoms with Gasteiger partial charge in [-0.25, -0.2) is 0 Å². The molecule has 0 aromatic heterocycles. The van der Waals surface area contributed by atoms with E-state index in [0.717, 1.165) is 16.7 Å². The Bertz CT molecular complexity index is 1290. The molecule has 2 atom stereocenters. The van der Waals surface area contributed by atoms with Crippen molar-refractivity contribution < 1.29 is 23.9 Å². The molecule has 3 aromatic carbocycles. The van der Waals surface area contributed by atoms with Gasteiger partial charge in [0.1, 0.15) is 11.2 Å². The number of methoxy groups -OCH3 is 1. The summed E-state index contributed by atoms with van der Waals surface area (Å²) in [7, 11) is 3.33. The second-order valence-electron chi connectivity index (χ2n) is 9.66. The normalized spacial score (nSPS) is 18.2. The molecule has 1 amide bonds. The molecule has 0 N–H and O–H groups in total. The summed E-state index contributed by atoms with van der Waals surface area (Å²) in [6.07, 6.45) is 1.86. The third kappa shape index (κ3) is 5.21. The molecule has 0 aliphatic heterocycles. The van der Waals surface area contributed by atoms with Gasteiger partial charge in [-0.15, -0.1) is 0 Å². The minimum atomic E-state index is -0.954. The molecule has 0 fully saturated rings. The monoisotopic (exact) mass is 513 g/mol. The van der Waals surface area contributed by atoms with Crippen molar-refractivity contribution in [3.8, 4) is 5.75 Å². The van der Waals surface area contributed by atoms with Crippen molar-refractivity contribution in [2.45, 2.75) is 43.9 Å². The Morgan fingerprint density at radius 3 is 2.37 bits per heavy atom. The van der Waals surface area contributed by atoms with E-state index in [9.17, 15) is 14.4 Å². The summed E-state index contributed by atoms with van der Waals surface area (Å²) in [5.74, 6) is -0.106. The molecule has 1 aliphatic rings. The number of likely N-dealkylation sites (N-methyl/N-ethyl adjacent to an activating group) is 1. The van der Waals surface area contributed by atoms with Crippen LogP contribution in [0.15, 0.2) is 78.9 Å². The van der Waals surface area contributed by atoms with Gasteiger partial charge in [0, 0.05) is 20.0 Å². The predicted octanol–water partition coefficient (Wildman–Crippen LogP) is 5.54. The highest BCUT2D eigenvalue weighted by atomic mass is 16.5. The molecule has 0 unspecified atom stereocenters. The summed E-state index contributed by atoms with van der Waals surface area (Å²) in [6.45, 7) is 2.56. The van der Waals surface area contributed by atoms with Crippen LogP contribution in [0, 0.1) is 0 Å². The molecule has 0 heterocycles. The van der Waals surface area contributed by atoms with Crippen LogP contribution in [-0.2, 0) is 19.7 Å². The van der Waals surface area contributed by atoms with Gasteiger partial charge in [-0.05, 0) is 55.0 Å². The van der Waals surface area contributed by atoms with E-state index in [0.29, 0.717) is 43.5 Å². The van der Waals surface area contributed by atoms with E-state index in [4.69, 9.17) is 9.47 Å². The van der Waals surface area contributed by atoms with Gasteiger partial charge in [0.2, 0.25) is 5.91 Å². The second-order valence-corrected chi connectivity index (χ2v) is 9.66. The van der Waals surface area contributed by atoms with Crippen LogP contribution in [0.4, 0.5) is 0 Å². The summed E-state index contributed by atoms with van der Waals surface area (Å²) < 4.78 is 10.9. The zero-order chi connectivity index (χ0) is 27.1. The fourth-order valence-corrected chi connectivity index (χ4v) is 5.57. The number of fused-ring (bicyclic) bond motifs is 1. The fourth-order valence-electron chi connectivity index (χ4n) is 5.57. The first-order valence-electron chi connectivity index (χ1n) is 13.2. The van der Waals surface area contributed by atoms with Crippen LogP contribution in [0.5, 0.6) is 5.75 Å². The van der Waals surface area contributed by atoms with Crippen LogP contribution >= 0.6 is 0 Å². The van der Waals surface area contributed by atoms with Crippen LogP contribution in [-0.4, -0.2) is 49.9 Å².